The van der Waals surface area contributed by atoms with E-state index in [9.17, 15) is 13.2 Å². The summed E-state index contributed by atoms with van der Waals surface area (Å²) in [7, 11) is -3.53. The quantitative estimate of drug-likeness (QED) is 0.526. The average molecular weight is 443 g/mol. The molecule has 9 heteroatoms. The molecule has 1 saturated carbocycles. The Bertz CT molecular complexity index is 1180. The molecule has 1 aromatic carbocycles. The van der Waals surface area contributed by atoms with E-state index in [-0.39, 0.29) is 30.7 Å². The predicted molar refractivity (Wildman–Crippen MR) is 117 cm³/mol. The van der Waals surface area contributed by atoms with Crippen molar-refractivity contribution in [1.82, 2.24) is 20.2 Å². The van der Waals surface area contributed by atoms with Gasteiger partial charge in [0.05, 0.1) is 22.4 Å². The van der Waals surface area contributed by atoms with Crippen LogP contribution in [-0.2, 0) is 16.6 Å². The summed E-state index contributed by atoms with van der Waals surface area (Å²) in [5.74, 6) is -0.164. The van der Waals surface area contributed by atoms with Crippen LogP contribution >= 0.6 is 0 Å². The molecule has 4 rings (SSSR count). The smallest absolute Gasteiger partial charge is 0.259 e. The van der Waals surface area contributed by atoms with Gasteiger partial charge < -0.3 is 9.84 Å². The highest BCUT2D eigenvalue weighted by molar-refractivity contribution is 7.89. The molecule has 0 bridgehead atoms. The van der Waals surface area contributed by atoms with Crippen LogP contribution in [0.4, 0.5) is 0 Å². The number of carbonyl (C=O) groups is 1. The molecule has 1 aliphatic carbocycles. The van der Waals surface area contributed by atoms with Crippen LogP contribution in [0, 0.1) is 0 Å². The number of fused-ring (bicyclic) bond motifs is 1. The highest BCUT2D eigenvalue weighted by Crippen LogP contribution is 2.41. The summed E-state index contributed by atoms with van der Waals surface area (Å²) in [5.41, 5.74) is 3.16. The third kappa shape index (κ3) is 5.11. The number of benzene rings is 1. The van der Waals surface area contributed by atoms with Crippen LogP contribution in [0.15, 0.2) is 40.9 Å². The molecule has 2 N–H and O–H groups in total. The third-order valence-corrected chi connectivity index (χ3v) is 6.60. The minimum absolute atomic E-state index is 0.00612. The van der Waals surface area contributed by atoms with E-state index in [0.717, 1.165) is 24.1 Å². The summed E-state index contributed by atoms with van der Waals surface area (Å²) in [6.07, 6.45) is 2.08. The summed E-state index contributed by atoms with van der Waals surface area (Å²) in [4.78, 5) is 17.5. The molecular formula is C22H26N4O4S. The topological polar surface area (TPSA) is 114 Å². The van der Waals surface area contributed by atoms with Gasteiger partial charge in [-0.3, -0.25) is 4.79 Å². The standard InChI is InChI=1S/C22H26N4O4S/c1-14(2)20-19-17(12-18(16-8-9-16)25-22(19)30-26-20)21(27)23-10-11-31(28,29)24-13-15-6-4-3-5-7-15/h3-7,12,14,16,24H,8-11,13H2,1-2H3,(H,23,27). The highest BCUT2D eigenvalue weighted by Gasteiger charge is 2.29. The molecule has 1 aliphatic rings. The van der Waals surface area contributed by atoms with Gasteiger partial charge in [0.15, 0.2) is 0 Å². The van der Waals surface area contributed by atoms with E-state index in [1.807, 2.05) is 44.2 Å². The summed E-state index contributed by atoms with van der Waals surface area (Å²) in [6.45, 7) is 4.15. The fourth-order valence-corrected chi connectivity index (χ4v) is 4.31. The Balaban J connectivity index is 1.45. The van der Waals surface area contributed by atoms with Gasteiger partial charge in [-0.2, -0.15) is 0 Å². The largest absolute Gasteiger partial charge is 0.351 e. The lowest BCUT2D eigenvalue weighted by Crippen LogP contribution is -2.34. The number of rotatable bonds is 9. The van der Waals surface area contributed by atoms with Gasteiger partial charge in [0, 0.05) is 24.7 Å². The first-order valence-corrected chi connectivity index (χ1v) is 12.1. The Labute approximate surface area is 181 Å². The molecule has 0 atom stereocenters. The Morgan fingerprint density at radius 3 is 2.65 bits per heavy atom. The van der Waals surface area contributed by atoms with Crippen LogP contribution in [-0.4, -0.2) is 36.8 Å². The van der Waals surface area contributed by atoms with E-state index in [4.69, 9.17) is 4.52 Å². The molecule has 2 heterocycles. The molecule has 0 unspecified atom stereocenters. The zero-order valence-electron chi connectivity index (χ0n) is 17.6. The number of amides is 1. The van der Waals surface area contributed by atoms with Crippen LogP contribution in [0.1, 0.15) is 65.8 Å². The number of hydrogen-bond donors (Lipinski definition) is 2. The first-order chi connectivity index (χ1) is 14.8. The summed E-state index contributed by atoms with van der Waals surface area (Å²) < 4.78 is 32.5. The van der Waals surface area contributed by atoms with Crippen LogP contribution in [0.3, 0.4) is 0 Å². The maximum atomic E-state index is 13.0. The lowest BCUT2D eigenvalue weighted by Gasteiger charge is -2.10. The van der Waals surface area contributed by atoms with Gasteiger partial charge in [-0.15, -0.1) is 0 Å². The molecule has 164 valence electrons. The zero-order valence-corrected chi connectivity index (χ0v) is 18.4. The lowest BCUT2D eigenvalue weighted by atomic mass is 10.0. The monoisotopic (exact) mass is 442 g/mol. The van der Waals surface area contributed by atoms with E-state index in [0.29, 0.717) is 28.3 Å². The van der Waals surface area contributed by atoms with Crippen molar-refractivity contribution in [2.75, 3.05) is 12.3 Å². The van der Waals surface area contributed by atoms with Crippen LogP contribution in [0.5, 0.6) is 0 Å². The second kappa shape index (κ2) is 8.76. The number of carbonyl (C=O) groups excluding carboxylic acids is 1. The van der Waals surface area contributed by atoms with Crippen molar-refractivity contribution >= 4 is 27.0 Å². The van der Waals surface area contributed by atoms with Gasteiger partial charge in [0.1, 0.15) is 0 Å². The first kappa shape index (κ1) is 21.5. The van der Waals surface area contributed by atoms with Crippen molar-refractivity contribution in [2.24, 2.45) is 0 Å². The van der Waals surface area contributed by atoms with Crippen molar-refractivity contribution in [3.63, 3.8) is 0 Å². The van der Waals surface area contributed by atoms with Gasteiger partial charge in [0.2, 0.25) is 10.0 Å². The molecule has 0 saturated heterocycles. The molecule has 0 spiro atoms. The summed E-state index contributed by atoms with van der Waals surface area (Å²) in [6, 6.07) is 11.1. The zero-order chi connectivity index (χ0) is 22.0. The van der Waals surface area contributed by atoms with Crippen LogP contribution in [0.2, 0.25) is 0 Å². The maximum Gasteiger partial charge on any atom is 0.259 e. The summed E-state index contributed by atoms with van der Waals surface area (Å²) >= 11 is 0. The van der Waals surface area contributed by atoms with Crippen molar-refractivity contribution in [3.05, 3.63) is 58.9 Å². The van der Waals surface area contributed by atoms with Gasteiger partial charge >= 0.3 is 0 Å². The van der Waals surface area contributed by atoms with Gasteiger partial charge in [-0.25, -0.2) is 18.1 Å². The van der Waals surface area contributed by atoms with Crippen molar-refractivity contribution in [1.29, 1.82) is 0 Å². The Morgan fingerprint density at radius 2 is 1.97 bits per heavy atom. The van der Waals surface area contributed by atoms with Crippen molar-refractivity contribution in [3.8, 4) is 0 Å². The van der Waals surface area contributed by atoms with E-state index >= 15 is 0 Å². The SMILES string of the molecule is CC(C)c1noc2nc(C3CC3)cc(C(=O)NCCS(=O)(=O)NCc3ccccc3)c12. The molecule has 0 radical (unpaired) electrons. The number of nitrogens with one attached hydrogen (secondary N) is 2. The molecule has 2 aromatic heterocycles. The lowest BCUT2D eigenvalue weighted by molar-refractivity contribution is 0.0957. The number of nitrogens with zero attached hydrogens (tertiary/aromatic N) is 2. The number of hydrogen-bond acceptors (Lipinski definition) is 6. The van der Waals surface area contributed by atoms with Crippen molar-refractivity contribution in [2.45, 2.75) is 45.1 Å². The minimum atomic E-state index is -3.53. The van der Waals surface area contributed by atoms with E-state index in [1.54, 1.807) is 6.07 Å². The molecular weight excluding hydrogens is 416 g/mol. The second-order valence-corrected chi connectivity index (χ2v) is 10.1. The Morgan fingerprint density at radius 1 is 1.23 bits per heavy atom. The van der Waals surface area contributed by atoms with Crippen LogP contribution in [0.25, 0.3) is 11.1 Å². The summed E-state index contributed by atoms with van der Waals surface area (Å²) in [5, 5.41) is 7.44. The molecule has 1 fully saturated rings. The first-order valence-electron chi connectivity index (χ1n) is 10.4. The van der Waals surface area contributed by atoms with E-state index in [2.05, 4.69) is 20.2 Å². The predicted octanol–water partition coefficient (Wildman–Crippen LogP) is 3.07. The fraction of sp³-hybridized carbons (Fsp3) is 0.409. The Hall–Kier alpha value is -2.78. The molecule has 3 aromatic rings. The normalized spacial score (nSPS) is 14.3. The van der Waals surface area contributed by atoms with Crippen LogP contribution < -0.4 is 10.0 Å². The second-order valence-electron chi connectivity index (χ2n) is 8.15. The molecule has 8 nitrogen and oxygen atoms in total. The van der Waals surface area contributed by atoms with Crippen molar-refractivity contribution < 1.29 is 17.7 Å². The van der Waals surface area contributed by atoms with Gasteiger partial charge in [0.25, 0.3) is 11.6 Å². The Kier molecular flexibility index (Phi) is 6.06. The number of sulfonamides is 1. The fourth-order valence-electron chi connectivity index (χ4n) is 3.41. The van der Waals surface area contributed by atoms with Gasteiger partial charge in [-0.05, 0) is 30.4 Å². The highest BCUT2D eigenvalue weighted by atomic mass is 32.2. The maximum absolute atomic E-state index is 13.0. The number of aromatic nitrogens is 2. The van der Waals surface area contributed by atoms with Gasteiger partial charge in [-0.1, -0.05) is 49.3 Å². The average Bonchev–Trinajstić information content (AvgIpc) is 3.51. The third-order valence-electron chi connectivity index (χ3n) is 5.28. The minimum Gasteiger partial charge on any atom is -0.351 e. The van der Waals surface area contributed by atoms with E-state index in [1.165, 1.54) is 0 Å². The number of pyridine rings is 1. The molecule has 0 aliphatic heterocycles. The van der Waals surface area contributed by atoms with E-state index < -0.39 is 10.0 Å². The molecule has 31 heavy (non-hydrogen) atoms. The molecule has 1 amide bonds.